The third-order valence-corrected chi connectivity index (χ3v) is 5.03. The Morgan fingerprint density at radius 2 is 1.93 bits per heavy atom. The number of carbonyl (C=O) groups is 1. The highest BCUT2D eigenvalue weighted by Crippen LogP contribution is 2.59. The zero-order chi connectivity index (χ0) is 10.6. The van der Waals surface area contributed by atoms with Gasteiger partial charge in [-0.2, -0.15) is 0 Å². The smallest absolute Gasteiger partial charge is 0.140 e. The monoisotopic (exact) mass is 207 g/mol. The number of rotatable bonds is 2. The van der Waals surface area contributed by atoms with E-state index in [9.17, 15) is 4.79 Å². The Morgan fingerprint density at radius 3 is 2.67 bits per heavy atom. The van der Waals surface area contributed by atoms with Crippen molar-refractivity contribution in [2.24, 2.45) is 29.6 Å². The molecule has 0 aliphatic heterocycles. The lowest BCUT2D eigenvalue weighted by Crippen LogP contribution is -2.38. The van der Waals surface area contributed by atoms with E-state index in [1.807, 2.05) is 0 Å². The van der Waals surface area contributed by atoms with Crippen molar-refractivity contribution < 1.29 is 4.79 Å². The van der Waals surface area contributed by atoms with Crippen LogP contribution in [0.25, 0.3) is 0 Å². The highest BCUT2D eigenvalue weighted by Gasteiger charge is 2.58. The van der Waals surface area contributed by atoms with E-state index >= 15 is 0 Å². The molecule has 0 aromatic carbocycles. The summed E-state index contributed by atoms with van der Waals surface area (Å²) in [6, 6.07) is 0. The molecule has 0 amide bonds. The molecule has 0 radical (unpaired) electrons. The number of ketones is 1. The van der Waals surface area contributed by atoms with Crippen LogP contribution in [0.5, 0.6) is 0 Å². The molecule has 2 heteroatoms. The van der Waals surface area contributed by atoms with Crippen LogP contribution in [0.15, 0.2) is 0 Å². The van der Waals surface area contributed by atoms with Gasteiger partial charge in [-0.05, 0) is 51.1 Å². The zero-order valence-corrected chi connectivity index (χ0v) is 9.78. The lowest BCUT2D eigenvalue weighted by molar-refractivity contribution is -0.129. The second-order valence-electron chi connectivity index (χ2n) is 6.04. The first-order valence-electron chi connectivity index (χ1n) is 6.37. The highest BCUT2D eigenvalue weighted by atomic mass is 16.1. The number of hydrogen-bond donors (Lipinski definition) is 0. The quantitative estimate of drug-likeness (QED) is 0.688. The Kier molecular flexibility index (Phi) is 2.17. The fraction of sp³-hybridized carbons (Fsp3) is 0.923. The number of nitrogens with zero attached hydrogens (tertiary/aromatic N) is 1. The SMILES string of the molecule is CN(C)C[C@@H]1C(=O)[C@@H]2C[C@@H]1[C@H]1CCC[C@@H]12. The molecule has 3 saturated carbocycles. The number of Topliss-reactive ketones (excluding diaryl/α,β-unsaturated/α-hetero) is 1. The molecule has 5 atom stereocenters. The second-order valence-corrected chi connectivity index (χ2v) is 6.04. The lowest BCUT2D eigenvalue weighted by Gasteiger charge is -2.31. The van der Waals surface area contributed by atoms with Gasteiger partial charge in [0, 0.05) is 18.4 Å². The summed E-state index contributed by atoms with van der Waals surface area (Å²) in [5.74, 6) is 3.91. The Labute approximate surface area is 92.0 Å². The van der Waals surface area contributed by atoms with Crippen LogP contribution in [0.3, 0.4) is 0 Å². The van der Waals surface area contributed by atoms with Crippen molar-refractivity contribution in [3.8, 4) is 0 Å². The first-order valence-corrected chi connectivity index (χ1v) is 6.37. The Morgan fingerprint density at radius 1 is 1.20 bits per heavy atom. The highest BCUT2D eigenvalue weighted by molar-refractivity contribution is 5.87. The van der Waals surface area contributed by atoms with Gasteiger partial charge in [0.2, 0.25) is 0 Å². The molecule has 0 saturated heterocycles. The largest absolute Gasteiger partial charge is 0.309 e. The Bertz CT molecular complexity index is 286. The minimum absolute atomic E-state index is 0.379. The van der Waals surface area contributed by atoms with E-state index in [0.717, 1.165) is 24.3 Å². The van der Waals surface area contributed by atoms with E-state index in [4.69, 9.17) is 0 Å². The Hall–Kier alpha value is -0.370. The molecule has 0 aromatic heterocycles. The van der Waals surface area contributed by atoms with Crippen molar-refractivity contribution in [1.29, 1.82) is 0 Å². The summed E-state index contributed by atoms with van der Waals surface area (Å²) >= 11 is 0. The maximum Gasteiger partial charge on any atom is 0.140 e. The Balaban J connectivity index is 1.81. The molecule has 0 N–H and O–H groups in total. The topological polar surface area (TPSA) is 20.3 Å². The first-order chi connectivity index (χ1) is 7.18. The van der Waals surface area contributed by atoms with Crippen LogP contribution in [0.4, 0.5) is 0 Å². The summed E-state index contributed by atoms with van der Waals surface area (Å²) in [5.41, 5.74) is 0. The van der Waals surface area contributed by atoms with E-state index in [0.29, 0.717) is 17.6 Å². The van der Waals surface area contributed by atoms with Crippen molar-refractivity contribution in [3.63, 3.8) is 0 Å². The van der Waals surface area contributed by atoms with Crippen molar-refractivity contribution in [3.05, 3.63) is 0 Å². The minimum Gasteiger partial charge on any atom is -0.309 e. The summed E-state index contributed by atoms with van der Waals surface area (Å²) < 4.78 is 0. The summed E-state index contributed by atoms with van der Waals surface area (Å²) in [7, 11) is 4.18. The van der Waals surface area contributed by atoms with Crippen LogP contribution in [-0.2, 0) is 4.79 Å². The lowest BCUT2D eigenvalue weighted by atomic mass is 9.75. The van der Waals surface area contributed by atoms with E-state index in [-0.39, 0.29) is 0 Å². The van der Waals surface area contributed by atoms with Crippen LogP contribution >= 0.6 is 0 Å². The number of fused-ring (bicyclic) bond motifs is 5. The molecule has 3 rings (SSSR count). The summed E-state index contributed by atoms with van der Waals surface area (Å²) in [5, 5.41) is 0. The van der Waals surface area contributed by atoms with E-state index in [1.165, 1.54) is 25.7 Å². The molecule has 3 aliphatic carbocycles. The fourth-order valence-electron chi connectivity index (χ4n) is 4.59. The van der Waals surface area contributed by atoms with Gasteiger partial charge in [0.1, 0.15) is 5.78 Å². The van der Waals surface area contributed by atoms with Gasteiger partial charge in [-0.25, -0.2) is 0 Å². The standard InChI is InChI=1S/C13H21NO/c1-14(2)7-12-10-6-11(13(12)15)9-5-3-4-8(9)10/h8-12H,3-7H2,1-2H3/t8-,9-,10+,11+,12-/m0/s1. The molecule has 15 heavy (non-hydrogen) atoms. The van der Waals surface area contributed by atoms with Gasteiger partial charge < -0.3 is 4.90 Å². The van der Waals surface area contributed by atoms with Crippen LogP contribution < -0.4 is 0 Å². The normalized spacial score (nSPS) is 47.9. The molecular formula is C13H21NO. The fourth-order valence-corrected chi connectivity index (χ4v) is 4.59. The predicted octanol–water partition coefficient (Wildman–Crippen LogP) is 1.80. The van der Waals surface area contributed by atoms with Gasteiger partial charge in [-0.1, -0.05) is 6.42 Å². The molecule has 2 nitrogen and oxygen atoms in total. The van der Waals surface area contributed by atoms with Crippen LogP contribution in [-0.4, -0.2) is 31.3 Å². The van der Waals surface area contributed by atoms with Crippen molar-refractivity contribution in [1.82, 2.24) is 4.90 Å². The van der Waals surface area contributed by atoms with Gasteiger partial charge >= 0.3 is 0 Å². The summed E-state index contributed by atoms with van der Waals surface area (Å²) in [4.78, 5) is 14.4. The van der Waals surface area contributed by atoms with Crippen molar-refractivity contribution >= 4 is 5.78 Å². The van der Waals surface area contributed by atoms with Crippen LogP contribution in [0, 0.1) is 29.6 Å². The van der Waals surface area contributed by atoms with E-state index in [1.54, 1.807) is 0 Å². The van der Waals surface area contributed by atoms with Gasteiger partial charge in [0.25, 0.3) is 0 Å². The van der Waals surface area contributed by atoms with Crippen LogP contribution in [0.2, 0.25) is 0 Å². The molecule has 0 aromatic rings. The van der Waals surface area contributed by atoms with Crippen molar-refractivity contribution in [2.45, 2.75) is 25.7 Å². The van der Waals surface area contributed by atoms with Gasteiger partial charge in [-0.3, -0.25) is 4.79 Å². The van der Waals surface area contributed by atoms with Gasteiger partial charge in [-0.15, -0.1) is 0 Å². The van der Waals surface area contributed by atoms with Crippen LogP contribution in [0.1, 0.15) is 25.7 Å². The second kappa shape index (κ2) is 3.31. The third kappa shape index (κ3) is 1.30. The predicted molar refractivity (Wildman–Crippen MR) is 59.5 cm³/mol. The number of hydrogen-bond acceptors (Lipinski definition) is 2. The summed E-state index contributed by atoms with van der Waals surface area (Å²) in [6.07, 6.45) is 5.35. The van der Waals surface area contributed by atoms with Crippen molar-refractivity contribution in [2.75, 3.05) is 20.6 Å². The summed E-state index contributed by atoms with van der Waals surface area (Å²) in [6.45, 7) is 0.989. The average molecular weight is 207 g/mol. The molecule has 0 unspecified atom stereocenters. The average Bonchev–Trinajstić information content (AvgIpc) is 2.77. The maximum absolute atomic E-state index is 12.2. The molecular weight excluding hydrogens is 186 g/mol. The third-order valence-electron chi connectivity index (χ3n) is 5.03. The molecule has 2 bridgehead atoms. The molecule has 84 valence electrons. The molecule has 3 aliphatic rings. The molecule has 0 spiro atoms. The molecule has 3 fully saturated rings. The number of carbonyl (C=O) groups excluding carboxylic acids is 1. The first kappa shape index (κ1) is 9.83. The zero-order valence-electron chi connectivity index (χ0n) is 9.78. The van der Waals surface area contributed by atoms with E-state index < -0.39 is 0 Å². The molecule has 0 heterocycles. The minimum atomic E-state index is 0.379. The van der Waals surface area contributed by atoms with Gasteiger partial charge in [0.05, 0.1) is 0 Å². The maximum atomic E-state index is 12.2. The van der Waals surface area contributed by atoms with E-state index in [2.05, 4.69) is 19.0 Å². The van der Waals surface area contributed by atoms with Gasteiger partial charge in [0.15, 0.2) is 0 Å².